The van der Waals surface area contributed by atoms with Crippen LogP contribution < -0.4 is 15.4 Å². The molecule has 0 bridgehead atoms. The number of anilines is 1. The van der Waals surface area contributed by atoms with Gasteiger partial charge in [-0.15, -0.1) is 0 Å². The lowest BCUT2D eigenvalue weighted by Crippen LogP contribution is -2.27. The van der Waals surface area contributed by atoms with Gasteiger partial charge in [0.25, 0.3) is 5.91 Å². The number of hydrogen-bond acceptors (Lipinski definition) is 3. The Labute approximate surface area is 161 Å². The molecular weight excluding hydrogens is 340 g/mol. The van der Waals surface area contributed by atoms with Gasteiger partial charge in [0.05, 0.1) is 18.2 Å². The number of carbonyl (C=O) groups is 2. The van der Waals surface area contributed by atoms with E-state index in [1.807, 2.05) is 52.0 Å². The van der Waals surface area contributed by atoms with E-state index in [2.05, 4.69) is 17.6 Å². The minimum atomic E-state index is -0.263. The first-order valence-corrected chi connectivity index (χ1v) is 9.12. The highest BCUT2D eigenvalue weighted by Crippen LogP contribution is 2.25. The normalized spacial score (nSPS) is 11.8. The molecule has 1 atom stereocenters. The third-order valence-electron chi connectivity index (χ3n) is 4.11. The van der Waals surface area contributed by atoms with E-state index in [9.17, 15) is 9.59 Å². The molecule has 0 fully saturated rings. The van der Waals surface area contributed by atoms with Gasteiger partial charge in [-0.25, -0.2) is 0 Å². The largest absolute Gasteiger partial charge is 0.493 e. The highest BCUT2D eigenvalue weighted by molar-refractivity contribution is 6.00. The van der Waals surface area contributed by atoms with Crippen molar-refractivity contribution in [3.63, 3.8) is 0 Å². The number of hydrogen-bond donors (Lipinski definition) is 2. The monoisotopic (exact) mass is 367 g/mol. The molecule has 5 heteroatoms. The summed E-state index contributed by atoms with van der Waals surface area (Å²) in [6.45, 7) is 11.8. The molecule has 0 spiro atoms. The minimum absolute atomic E-state index is 0.105. The number of rotatable bonds is 7. The topological polar surface area (TPSA) is 67.4 Å². The molecule has 143 valence electrons. The molecule has 2 amide bonds. The maximum absolute atomic E-state index is 12.9. The van der Waals surface area contributed by atoms with Crippen molar-refractivity contribution in [2.75, 3.05) is 11.9 Å². The Morgan fingerprint density at radius 3 is 2.48 bits per heavy atom. The maximum atomic E-state index is 12.9. The molecule has 2 rings (SSSR count). The summed E-state index contributed by atoms with van der Waals surface area (Å²) in [5.74, 6) is -0.0355. The van der Waals surface area contributed by atoms with E-state index in [0.29, 0.717) is 23.6 Å². The Bertz CT molecular complexity index is 815. The van der Waals surface area contributed by atoms with E-state index in [-0.39, 0.29) is 23.8 Å². The average Bonchev–Trinajstić information content (AvgIpc) is 2.62. The molecule has 0 aliphatic rings. The van der Waals surface area contributed by atoms with Crippen molar-refractivity contribution in [2.24, 2.45) is 5.92 Å². The number of nitrogens with one attached hydrogen (secondary N) is 2. The first-order chi connectivity index (χ1) is 12.8. The molecule has 1 radical (unpaired) electrons. The molecule has 0 heterocycles. The van der Waals surface area contributed by atoms with Crippen LogP contribution in [-0.4, -0.2) is 18.4 Å². The highest BCUT2D eigenvalue weighted by Gasteiger charge is 2.18. The minimum Gasteiger partial charge on any atom is -0.493 e. The lowest BCUT2D eigenvalue weighted by atomic mass is 10.0. The molecule has 1 unspecified atom stereocenters. The van der Waals surface area contributed by atoms with Gasteiger partial charge in [-0.3, -0.25) is 9.59 Å². The number of carbonyl (C=O) groups excluding carboxylic acids is 2. The van der Waals surface area contributed by atoms with Crippen LogP contribution in [0.1, 0.15) is 55.2 Å². The van der Waals surface area contributed by atoms with Gasteiger partial charge < -0.3 is 15.4 Å². The standard InChI is InChI=1S/C22H27N2O3/c1-6-27-20-11-10-18(24-21(25)14(2)3)13-19(20)22(26)23-16(5)17-9-7-8-15(4)12-17/h7-14,16H,4,6H2,1-3,5H3,(H,23,26)(H,24,25). The fourth-order valence-corrected chi connectivity index (χ4v) is 2.57. The van der Waals surface area contributed by atoms with E-state index in [1.54, 1.807) is 18.2 Å². The SMILES string of the molecule is [CH2]c1cccc(C(C)NC(=O)c2cc(NC(=O)C(C)C)ccc2OCC)c1. The van der Waals surface area contributed by atoms with Crippen LogP contribution in [0.4, 0.5) is 5.69 Å². The van der Waals surface area contributed by atoms with Crippen LogP contribution in [0.15, 0.2) is 42.5 Å². The predicted octanol–water partition coefficient (Wildman–Crippen LogP) is 4.35. The average molecular weight is 367 g/mol. The first kappa shape index (κ1) is 20.5. The van der Waals surface area contributed by atoms with Crippen LogP contribution in [0.3, 0.4) is 0 Å². The quantitative estimate of drug-likeness (QED) is 0.764. The molecule has 2 N–H and O–H groups in total. The first-order valence-electron chi connectivity index (χ1n) is 9.12. The predicted molar refractivity (Wildman–Crippen MR) is 108 cm³/mol. The summed E-state index contributed by atoms with van der Waals surface area (Å²) in [6, 6.07) is 12.6. The van der Waals surface area contributed by atoms with Crippen molar-refractivity contribution < 1.29 is 14.3 Å². The Morgan fingerprint density at radius 1 is 1.11 bits per heavy atom. The zero-order valence-corrected chi connectivity index (χ0v) is 16.3. The molecule has 2 aromatic carbocycles. The third-order valence-corrected chi connectivity index (χ3v) is 4.11. The Kier molecular flexibility index (Phi) is 6.99. The molecule has 5 nitrogen and oxygen atoms in total. The lowest BCUT2D eigenvalue weighted by molar-refractivity contribution is -0.118. The zero-order chi connectivity index (χ0) is 20.0. The van der Waals surface area contributed by atoms with Crippen LogP contribution in [0.25, 0.3) is 0 Å². The second-order valence-electron chi connectivity index (χ2n) is 6.73. The Balaban J connectivity index is 2.24. The van der Waals surface area contributed by atoms with Crippen molar-refractivity contribution in [2.45, 2.75) is 33.7 Å². The molecule has 0 aliphatic heterocycles. The van der Waals surface area contributed by atoms with Crippen molar-refractivity contribution in [1.29, 1.82) is 0 Å². The van der Waals surface area contributed by atoms with Crippen molar-refractivity contribution >= 4 is 17.5 Å². The van der Waals surface area contributed by atoms with E-state index in [1.165, 1.54) is 0 Å². The van der Waals surface area contributed by atoms with Crippen LogP contribution >= 0.6 is 0 Å². The van der Waals surface area contributed by atoms with Crippen molar-refractivity contribution in [3.05, 3.63) is 66.1 Å². The van der Waals surface area contributed by atoms with Crippen molar-refractivity contribution in [3.8, 4) is 5.75 Å². The van der Waals surface area contributed by atoms with Gasteiger partial charge in [-0.05, 0) is 50.1 Å². The summed E-state index contributed by atoms with van der Waals surface area (Å²) in [5.41, 5.74) is 2.81. The van der Waals surface area contributed by atoms with Crippen LogP contribution in [0.2, 0.25) is 0 Å². The van der Waals surface area contributed by atoms with Gasteiger partial charge in [0.15, 0.2) is 0 Å². The van der Waals surface area contributed by atoms with Gasteiger partial charge in [0.2, 0.25) is 5.91 Å². The molecular formula is C22H27N2O3. The third kappa shape index (κ3) is 5.58. The van der Waals surface area contributed by atoms with E-state index < -0.39 is 0 Å². The summed E-state index contributed by atoms with van der Waals surface area (Å²) >= 11 is 0. The molecule has 0 saturated carbocycles. The number of benzene rings is 2. The van der Waals surface area contributed by atoms with Crippen LogP contribution in [0.5, 0.6) is 5.75 Å². The Hall–Kier alpha value is -2.82. The van der Waals surface area contributed by atoms with Gasteiger partial charge in [0.1, 0.15) is 5.75 Å². The van der Waals surface area contributed by atoms with E-state index >= 15 is 0 Å². The maximum Gasteiger partial charge on any atom is 0.255 e. The summed E-state index contributed by atoms with van der Waals surface area (Å²) in [6.07, 6.45) is 0. The second-order valence-corrected chi connectivity index (χ2v) is 6.73. The summed E-state index contributed by atoms with van der Waals surface area (Å²) < 4.78 is 5.59. The van der Waals surface area contributed by atoms with Crippen LogP contribution in [-0.2, 0) is 4.79 Å². The fourth-order valence-electron chi connectivity index (χ4n) is 2.57. The molecule has 0 saturated heterocycles. The van der Waals surface area contributed by atoms with Gasteiger partial charge in [-0.1, -0.05) is 38.1 Å². The molecule has 27 heavy (non-hydrogen) atoms. The summed E-state index contributed by atoms with van der Waals surface area (Å²) in [4.78, 5) is 24.8. The summed E-state index contributed by atoms with van der Waals surface area (Å²) in [7, 11) is 0. The Morgan fingerprint density at radius 2 is 1.85 bits per heavy atom. The van der Waals surface area contributed by atoms with Gasteiger partial charge in [0, 0.05) is 11.6 Å². The number of amides is 2. The second kappa shape index (κ2) is 9.21. The zero-order valence-electron chi connectivity index (χ0n) is 16.3. The van der Waals surface area contributed by atoms with E-state index in [0.717, 1.165) is 11.1 Å². The molecule has 0 aromatic heterocycles. The van der Waals surface area contributed by atoms with Gasteiger partial charge in [-0.2, -0.15) is 0 Å². The highest BCUT2D eigenvalue weighted by atomic mass is 16.5. The molecule has 2 aromatic rings. The fraction of sp³-hybridized carbons (Fsp3) is 0.318. The molecule has 0 aliphatic carbocycles. The number of ether oxygens (including phenoxy) is 1. The lowest BCUT2D eigenvalue weighted by Gasteiger charge is -2.17. The van der Waals surface area contributed by atoms with E-state index in [4.69, 9.17) is 4.74 Å². The van der Waals surface area contributed by atoms with Crippen molar-refractivity contribution in [1.82, 2.24) is 5.32 Å². The summed E-state index contributed by atoms with van der Waals surface area (Å²) in [5, 5.41) is 5.80. The van der Waals surface area contributed by atoms with Crippen LogP contribution in [0, 0.1) is 12.8 Å². The smallest absolute Gasteiger partial charge is 0.255 e. The van der Waals surface area contributed by atoms with Gasteiger partial charge >= 0.3 is 0 Å².